The summed E-state index contributed by atoms with van der Waals surface area (Å²) in [5.41, 5.74) is 3.14. The molecule has 3 nitrogen and oxygen atoms in total. The van der Waals surface area contributed by atoms with Crippen LogP contribution in [0.2, 0.25) is 0 Å². The Labute approximate surface area is 128 Å². The molecule has 1 aliphatic heterocycles. The van der Waals surface area contributed by atoms with Crippen LogP contribution < -0.4 is 4.90 Å². The molecular weight excluding hydrogens is 284 g/mol. The lowest BCUT2D eigenvalue weighted by Crippen LogP contribution is -2.26. The zero-order valence-corrected chi connectivity index (χ0v) is 12.2. The van der Waals surface area contributed by atoms with Gasteiger partial charge in [-0.15, -0.1) is 0 Å². The zero-order valence-electron chi connectivity index (χ0n) is 12.2. The molecule has 0 atom stereocenters. The number of anilines is 2. The molecule has 2 aromatic carbocycles. The molecule has 1 aliphatic rings. The molecule has 0 aromatic heterocycles. The van der Waals surface area contributed by atoms with Crippen LogP contribution in [0.3, 0.4) is 0 Å². The number of nitrogens with zero attached hydrogens (tertiary/aromatic N) is 3. The monoisotopic (exact) mass is 299 g/mol. The van der Waals surface area contributed by atoms with Gasteiger partial charge in [-0.3, -0.25) is 0 Å². The Kier molecular flexibility index (Phi) is 3.78. The van der Waals surface area contributed by atoms with Crippen molar-refractivity contribution in [2.24, 2.45) is 0 Å². The molecule has 0 aliphatic carbocycles. The molecule has 0 N–H and O–H groups in total. The average Bonchev–Trinajstić information content (AvgIpc) is 2.67. The van der Waals surface area contributed by atoms with Gasteiger partial charge in [0, 0.05) is 37.1 Å². The Bertz CT molecular complexity index is 752. The highest BCUT2D eigenvalue weighted by Crippen LogP contribution is 2.32. The van der Waals surface area contributed by atoms with Crippen molar-refractivity contribution in [1.82, 2.24) is 4.90 Å². The van der Waals surface area contributed by atoms with Crippen molar-refractivity contribution in [2.45, 2.75) is 6.54 Å². The molecule has 0 amide bonds. The minimum absolute atomic E-state index is 0.597. The molecule has 2 aromatic rings. The number of benzene rings is 2. The van der Waals surface area contributed by atoms with E-state index in [1.165, 1.54) is 6.07 Å². The van der Waals surface area contributed by atoms with Crippen molar-refractivity contribution >= 4 is 11.4 Å². The number of likely N-dealkylation sites (N-methyl/N-ethyl adjacent to an activating group) is 1. The lowest BCUT2D eigenvalue weighted by Gasteiger charge is -2.25. The quantitative estimate of drug-likeness (QED) is 0.808. The highest BCUT2D eigenvalue weighted by Gasteiger charge is 2.20. The van der Waals surface area contributed by atoms with E-state index in [1.807, 2.05) is 24.1 Å². The van der Waals surface area contributed by atoms with Crippen LogP contribution in [0, 0.1) is 23.0 Å². The number of halogens is 2. The van der Waals surface area contributed by atoms with Crippen LogP contribution in [0.25, 0.3) is 0 Å². The number of hydrogen-bond acceptors (Lipinski definition) is 3. The van der Waals surface area contributed by atoms with Crippen molar-refractivity contribution in [3.8, 4) is 6.07 Å². The molecule has 0 unspecified atom stereocenters. The van der Waals surface area contributed by atoms with Crippen LogP contribution in [0.1, 0.15) is 11.1 Å². The molecule has 1 heterocycles. The van der Waals surface area contributed by atoms with Crippen molar-refractivity contribution in [2.75, 3.05) is 25.0 Å². The fourth-order valence-electron chi connectivity index (χ4n) is 2.73. The van der Waals surface area contributed by atoms with E-state index in [4.69, 9.17) is 5.26 Å². The summed E-state index contributed by atoms with van der Waals surface area (Å²) in [5.74, 6) is -1.71. The summed E-state index contributed by atoms with van der Waals surface area (Å²) in [4.78, 5) is 4.10. The molecule has 0 fully saturated rings. The van der Waals surface area contributed by atoms with Gasteiger partial charge >= 0.3 is 0 Å². The first kappa shape index (κ1) is 14.5. The second-order valence-corrected chi connectivity index (χ2v) is 5.44. The average molecular weight is 299 g/mol. The molecule has 3 rings (SSSR count). The van der Waals surface area contributed by atoms with Gasteiger partial charge in [0.05, 0.1) is 11.6 Å². The molecule has 0 radical (unpaired) electrons. The van der Waals surface area contributed by atoms with Crippen molar-refractivity contribution in [1.29, 1.82) is 5.26 Å². The van der Waals surface area contributed by atoms with E-state index >= 15 is 0 Å². The predicted molar refractivity (Wildman–Crippen MR) is 80.9 cm³/mol. The second-order valence-electron chi connectivity index (χ2n) is 5.44. The number of rotatable bonds is 1. The second kappa shape index (κ2) is 5.74. The van der Waals surface area contributed by atoms with Gasteiger partial charge in [-0.25, -0.2) is 8.78 Å². The lowest BCUT2D eigenvalue weighted by atomic mass is 10.1. The first-order valence-electron chi connectivity index (χ1n) is 7.02. The maximum Gasteiger partial charge on any atom is 0.160 e. The van der Waals surface area contributed by atoms with Gasteiger partial charge in [-0.05, 0) is 42.9 Å². The topological polar surface area (TPSA) is 30.3 Å². The summed E-state index contributed by atoms with van der Waals surface area (Å²) < 4.78 is 26.7. The van der Waals surface area contributed by atoms with E-state index in [9.17, 15) is 8.78 Å². The highest BCUT2D eigenvalue weighted by atomic mass is 19.2. The summed E-state index contributed by atoms with van der Waals surface area (Å²) in [5, 5.41) is 9.06. The molecule has 0 saturated carbocycles. The van der Waals surface area contributed by atoms with Crippen LogP contribution in [0.4, 0.5) is 20.2 Å². The molecule has 22 heavy (non-hydrogen) atoms. The summed E-state index contributed by atoms with van der Waals surface area (Å²) in [6.45, 7) is 2.17. The Morgan fingerprint density at radius 1 is 1.05 bits per heavy atom. The smallest absolute Gasteiger partial charge is 0.160 e. The molecule has 0 bridgehead atoms. The molecule has 0 saturated heterocycles. The normalized spacial score (nSPS) is 15.1. The zero-order chi connectivity index (χ0) is 15.7. The van der Waals surface area contributed by atoms with E-state index in [0.717, 1.165) is 23.9 Å². The van der Waals surface area contributed by atoms with Crippen LogP contribution in [-0.2, 0) is 6.54 Å². The van der Waals surface area contributed by atoms with E-state index in [0.29, 0.717) is 24.3 Å². The van der Waals surface area contributed by atoms with Gasteiger partial charge in [0.15, 0.2) is 11.6 Å². The predicted octanol–water partition coefficient (Wildman–Crippen LogP) is 3.42. The number of hydrogen-bond donors (Lipinski definition) is 0. The van der Waals surface area contributed by atoms with E-state index in [1.54, 1.807) is 12.1 Å². The fraction of sp³-hybridized carbons (Fsp3) is 0.235. The molecule has 0 spiro atoms. The highest BCUT2D eigenvalue weighted by molar-refractivity contribution is 5.68. The third kappa shape index (κ3) is 2.66. The molecule has 112 valence electrons. The van der Waals surface area contributed by atoms with Gasteiger partial charge in [0.1, 0.15) is 0 Å². The van der Waals surface area contributed by atoms with Gasteiger partial charge in [0.25, 0.3) is 0 Å². The summed E-state index contributed by atoms with van der Waals surface area (Å²) in [6.07, 6.45) is 0. The first-order valence-corrected chi connectivity index (χ1v) is 7.02. The Hall–Kier alpha value is -2.45. The van der Waals surface area contributed by atoms with E-state index < -0.39 is 11.6 Å². The fourth-order valence-corrected chi connectivity index (χ4v) is 2.73. The first-order chi connectivity index (χ1) is 10.6. The number of nitriles is 1. The summed E-state index contributed by atoms with van der Waals surface area (Å²) in [6, 6.07) is 11.5. The minimum atomic E-state index is -0.856. The standard InChI is InChI=1S/C17H15F2N3/c1-21-6-7-22(14-3-4-15(18)16(19)9-14)17-5-2-12(10-20)8-13(17)11-21/h2-5,8-9H,6-7,11H2,1H3. The van der Waals surface area contributed by atoms with Crippen LogP contribution >= 0.6 is 0 Å². The van der Waals surface area contributed by atoms with Crippen molar-refractivity contribution in [3.05, 3.63) is 59.2 Å². The maximum atomic E-state index is 13.6. The van der Waals surface area contributed by atoms with E-state index in [2.05, 4.69) is 11.0 Å². The minimum Gasteiger partial charge on any atom is -0.340 e. The van der Waals surface area contributed by atoms with Crippen LogP contribution in [0.15, 0.2) is 36.4 Å². The van der Waals surface area contributed by atoms with Crippen LogP contribution in [0.5, 0.6) is 0 Å². The lowest BCUT2D eigenvalue weighted by molar-refractivity contribution is 0.343. The summed E-state index contributed by atoms with van der Waals surface area (Å²) in [7, 11) is 2.00. The summed E-state index contributed by atoms with van der Waals surface area (Å²) >= 11 is 0. The van der Waals surface area contributed by atoms with Gasteiger partial charge in [-0.1, -0.05) is 0 Å². The van der Waals surface area contributed by atoms with Gasteiger partial charge < -0.3 is 9.80 Å². The third-order valence-electron chi connectivity index (χ3n) is 3.86. The van der Waals surface area contributed by atoms with Crippen molar-refractivity contribution < 1.29 is 8.78 Å². The van der Waals surface area contributed by atoms with Crippen LogP contribution in [-0.4, -0.2) is 25.0 Å². The van der Waals surface area contributed by atoms with Gasteiger partial charge in [0.2, 0.25) is 0 Å². The van der Waals surface area contributed by atoms with E-state index in [-0.39, 0.29) is 0 Å². The Morgan fingerprint density at radius 2 is 1.86 bits per heavy atom. The Balaban J connectivity index is 2.09. The molecular formula is C17H15F2N3. The Morgan fingerprint density at radius 3 is 2.59 bits per heavy atom. The number of fused-ring (bicyclic) bond motifs is 1. The SMILES string of the molecule is CN1CCN(c2ccc(F)c(F)c2)c2ccc(C#N)cc2C1. The van der Waals surface area contributed by atoms with Gasteiger partial charge in [-0.2, -0.15) is 5.26 Å². The largest absolute Gasteiger partial charge is 0.340 e. The molecule has 5 heteroatoms. The van der Waals surface area contributed by atoms with Crippen molar-refractivity contribution in [3.63, 3.8) is 0 Å². The third-order valence-corrected chi connectivity index (χ3v) is 3.86. The maximum absolute atomic E-state index is 13.6.